The van der Waals surface area contributed by atoms with Crippen LogP contribution in [0, 0.1) is 19.8 Å². The fraction of sp³-hybridized carbons (Fsp3) is 0.476. The van der Waals surface area contributed by atoms with E-state index in [1.807, 2.05) is 25.3 Å². The van der Waals surface area contributed by atoms with E-state index >= 15 is 0 Å². The number of aryl methyl sites for hydroxylation is 2. The Bertz CT molecular complexity index is 947. The predicted molar refractivity (Wildman–Crippen MR) is 113 cm³/mol. The summed E-state index contributed by atoms with van der Waals surface area (Å²) in [4.78, 5) is 11.3. The van der Waals surface area contributed by atoms with Crippen LogP contribution in [-0.2, 0) is 13.1 Å². The summed E-state index contributed by atoms with van der Waals surface area (Å²) in [7, 11) is 2.20. The third-order valence-electron chi connectivity index (χ3n) is 5.77. The first kappa shape index (κ1) is 18.7. The molecule has 3 aromatic heterocycles. The van der Waals surface area contributed by atoms with Gasteiger partial charge in [0.1, 0.15) is 11.6 Å². The van der Waals surface area contributed by atoms with Crippen LogP contribution in [0.25, 0.3) is 10.9 Å². The number of rotatable bonds is 5. The Morgan fingerprint density at radius 2 is 2.04 bits per heavy atom. The van der Waals surface area contributed by atoms with E-state index in [1.165, 1.54) is 25.9 Å². The van der Waals surface area contributed by atoms with Gasteiger partial charge in [0.15, 0.2) is 0 Å². The van der Waals surface area contributed by atoms with E-state index < -0.39 is 0 Å². The van der Waals surface area contributed by atoms with E-state index in [0.29, 0.717) is 18.3 Å². The van der Waals surface area contributed by atoms with Gasteiger partial charge in [-0.25, -0.2) is 9.97 Å². The van der Waals surface area contributed by atoms with Crippen LogP contribution in [-0.4, -0.2) is 44.8 Å². The number of nitrogens with one attached hydrogen (secondary N) is 1. The number of likely N-dealkylation sites (tertiary alicyclic amines) is 1. The van der Waals surface area contributed by atoms with Gasteiger partial charge in [0.25, 0.3) is 0 Å². The first-order valence-corrected chi connectivity index (χ1v) is 9.97. The van der Waals surface area contributed by atoms with Crippen LogP contribution in [0.3, 0.4) is 0 Å². The highest BCUT2D eigenvalue weighted by molar-refractivity contribution is 5.88. The molecule has 0 unspecified atom stereocenters. The van der Waals surface area contributed by atoms with E-state index in [9.17, 15) is 0 Å². The Labute approximate surface area is 166 Å². The second-order valence-electron chi connectivity index (χ2n) is 7.97. The van der Waals surface area contributed by atoms with Crippen molar-refractivity contribution >= 4 is 22.5 Å². The summed E-state index contributed by atoms with van der Waals surface area (Å²) in [6.45, 7) is 8.05. The Morgan fingerprint density at radius 1 is 1.25 bits per heavy atom. The molecular formula is C21H29N7. The minimum atomic E-state index is 0.564. The lowest BCUT2D eigenvalue weighted by atomic mass is 9.97. The van der Waals surface area contributed by atoms with Crippen molar-refractivity contribution in [3.63, 3.8) is 0 Å². The number of nitrogens with two attached hydrogens (primary N) is 1. The normalized spacial score (nSPS) is 16.0. The van der Waals surface area contributed by atoms with Crippen molar-refractivity contribution in [2.75, 3.05) is 31.2 Å². The van der Waals surface area contributed by atoms with Crippen molar-refractivity contribution in [2.45, 2.75) is 39.8 Å². The molecule has 0 radical (unpaired) electrons. The molecule has 3 N–H and O–H groups in total. The predicted octanol–water partition coefficient (Wildman–Crippen LogP) is 2.98. The third kappa shape index (κ3) is 3.94. The van der Waals surface area contributed by atoms with Crippen LogP contribution in [0.4, 0.5) is 11.6 Å². The van der Waals surface area contributed by atoms with E-state index in [0.717, 1.165) is 40.1 Å². The van der Waals surface area contributed by atoms with E-state index in [-0.39, 0.29) is 0 Å². The molecule has 28 heavy (non-hydrogen) atoms. The van der Waals surface area contributed by atoms with E-state index in [4.69, 9.17) is 10.8 Å². The average molecular weight is 380 g/mol. The van der Waals surface area contributed by atoms with Gasteiger partial charge >= 0.3 is 0 Å². The SMILES string of the molecule is Cc1cc(N)nc(C)c1CNc1nccc2nn(CC3CCN(C)CC3)cc12. The molecule has 0 aliphatic carbocycles. The Balaban J connectivity index is 1.51. The van der Waals surface area contributed by atoms with E-state index in [1.54, 1.807) is 0 Å². The summed E-state index contributed by atoms with van der Waals surface area (Å²) in [6, 6.07) is 3.89. The molecular weight excluding hydrogens is 350 g/mol. The molecule has 1 aliphatic heterocycles. The van der Waals surface area contributed by atoms with Gasteiger partial charge in [0.05, 0.1) is 10.9 Å². The molecule has 1 aliphatic rings. The zero-order chi connectivity index (χ0) is 19.7. The zero-order valence-corrected chi connectivity index (χ0v) is 16.9. The molecule has 0 saturated carbocycles. The maximum atomic E-state index is 5.84. The van der Waals surface area contributed by atoms with Gasteiger partial charge in [0, 0.05) is 31.2 Å². The largest absolute Gasteiger partial charge is 0.384 e. The number of nitrogen functional groups attached to an aromatic ring is 1. The maximum Gasteiger partial charge on any atom is 0.137 e. The third-order valence-corrected chi connectivity index (χ3v) is 5.77. The summed E-state index contributed by atoms with van der Waals surface area (Å²) in [5, 5.41) is 9.32. The molecule has 0 amide bonds. The molecule has 1 fully saturated rings. The van der Waals surface area contributed by atoms with E-state index in [2.05, 4.69) is 45.0 Å². The molecule has 0 aromatic carbocycles. The Kier molecular flexibility index (Phi) is 5.17. The van der Waals surface area contributed by atoms with Crippen LogP contribution in [0.1, 0.15) is 29.7 Å². The second-order valence-corrected chi connectivity index (χ2v) is 7.97. The lowest BCUT2D eigenvalue weighted by Gasteiger charge is -2.28. The van der Waals surface area contributed by atoms with Gasteiger partial charge in [-0.3, -0.25) is 4.68 Å². The van der Waals surface area contributed by atoms with Crippen molar-refractivity contribution in [3.8, 4) is 0 Å². The molecule has 148 valence electrons. The molecule has 4 rings (SSSR count). The van der Waals surface area contributed by atoms with Crippen molar-refractivity contribution in [1.29, 1.82) is 0 Å². The molecule has 0 spiro atoms. The standard InChI is InChI=1S/C21H29N7/c1-14-10-20(22)25-15(2)17(14)11-24-21-18-13-28(26-19(18)4-7-23-21)12-16-5-8-27(3)9-6-16/h4,7,10,13,16H,5-6,8-9,11-12H2,1-3H3,(H2,22,25)(H,23,24). The van der Waals surface area contributed by atoms with Crippen molar-refractivity contribution in [1.82, 2.24) is 24.6 Å². The topological polar surface area (TPSA) is 84.9 Å². The monoisotopic (exact) mass is 379 g/mol. The number of nitrogens with zero attached hydrogens (tertiary/aromatic N) is 5. The number of pyridine rings is 2. The fourth-order valence-electron chi connectivity index (χ4n) is 4.06. The first-order valence-electron chi connectivity index (χ1n) is 9.97. The first-order chi connectivity index (χ1) is 13.5. The molecule has 0 atom stereocenters. The number of hydrogen-bond donors (Lipinski definition) is 2. The molecule has 7 nitrogen and oxygen atoms in total. The van der Waals surface area contributed by atoms with Crippen molar-refractivity contribution in [3.05, 3.63) is 41.3 Å². The lowest BCUT2D eigenvalue weighted by Crippen LogP contribution is -2.31. The minimum absolute atomic E-state index is 0.564. The summed E-state index contributed by atoms with van der Waals surface area (Å²) in [5.41, 5.74) is 10.1. The van der Waals surface area contributed by atoms with Crippen LogP contribution in [0.15, 0.2) is 24.5 Å². The van der Waals surface area contributed by atoms with Gasteiger partial charge in [-0.1, -0.05) is 0 Å². The van der Waals surface area contributed by atoms with Gasteiger partial charge < -0.3 is 16.0 Å². The highest BCUT2D eigenvalue weighted by atomic mass is 15.3. The Morgan fingerprint density at radius 3 is 2.79 bits per heavy atom. The van der Waals surface area contributed by atoms with Gasteiger partial charge in [-0.15, -0.1) is 0 Å². The van der Waals surface area contributed by atoms with Crippen molar-refractivity contribution < 1.29 is 0 Å². The molecule has 4 heterocycles. The number of fused-ring (bicyclic) bond motifs is 1. The van der Waals surface area contributed by atoms with Gasteiger partial charge in [-0.2, -0.15) is 5.10 Å². The molecule has 1 saturated heterocycles. The highest BCUT2D eigenvalue weighted by Crippen LogP contribution is 2.24. The second kappa shape index (κ2) is 7.75. The van der Waals surface area contributed by atoms with Gasteiger partial charge in [0.2, 0.25) is 0 Å². The summed E-state index contributed by atoms with van der Waals surface area (Å²) < 4.78 is 2.09. The van der Waals surface area contributed by atoms with Crippen LogP contribution in [0.5, 0.6) is 0 Å². The maximum absolute atomic E-state index is 5.84. The lowest BCUT2D eigenvalue weighted by molar-refractivity contribution is 0.201. The summed E-state index contributed by atoms with van der Waals surface area (Å²) in [6.07, 6.45) is 6.42. The van der Waals surface area contributed by atoms with Gasteiger partial charge in [-0.05, 0) is 76.0 Å². The number of anilines is 2. The number of piperidine rings is 1. The highest BCUT2D eigenvalue weighted by Gasteiger charge is 2.18. The van der Waals surface area contributed by atoms with Crippen LogP contribution < -0.4 is 11.1 Å². The van der Waals surface area contributed by atoms with Crippen LogP contribution in [0.2, 0.25) is 0 Å². The van der Waals surface area contributed by atoms with Crippen LogP contribution >= 0.6 is 0 Å². The smallest absolute Gasteiger partial charge is 0.137 e. The number of aromatic nitrogens is 4. The Hall–Kier alpha value is -2.67. The molecule has 3 aromatic rings. The summed E-state index contributed by atoms with van der Waals surface area (Å²) in [5.74, 6) is 2.12. The molecule has 7 heteroatoms. The fourth-order valence-corrected chi connectivity index (χ4v) is 4.06. The van der Waals surface area contributed by atoms with Crippen molar-refractivity contribution in [2.24, 2.45) is 5.92 Å². The average Bonchev–Trinajstić information content (AvgIpc) is 3.06. The molecule has 0 bridgehead atoms. The minimum Gasteiger partial charge on any atom is -0.384 e. The number of hydrogen-bond acceptors (Lipinski definition) is 6. The zero-order valence-electron chi connectivity index (χ0n) is 16.9. The quantitative estimate of drug-likeness (QED) is 0.709. The summed E-state index contributed by atoms with van der Waals surface area (Å²) >= 11 is 0.